The van der Waals surface area contributed by atoms with Crippen LogP contribution < -0.4 is 14.8 Å². The van der Waals surface area contributed by atoms with Crippen LogP contribution in [0.15, 0.2) is 54.7 Å². The van der Waals surface area contributed by atoms with Crippen molar-refractivity contribution in [1.82, 2.24) is 15.5 Å². The lowest BCUT2D eigenvalue weighted by Crippen LogP contribution is -2.13. The van der Waals surface area contributed by atoms with Gasteiger partial charge in [-0.2, -0.15) is 5.10 Å². The SMILES string of the molecule is COc1cc(CNCc2cn[nH]c2C)ccc1OCc1ccccc1. The van der Waals surface area contributed by atoms with Gasteiger partial charge in [-0.3, -0.25) is 5.10 Å². The Bertz CT molecular complexity index is 800. The number of nitrogens with one attached hydrogen (secondary N) is 2. The molecule has 0 spiro atoms. The number of H-pyrrole nitrogens is 1. The van der Waals surface area contributed by atoms with Gasteiger partial charge in [0.1, 0.15) is 6.61 Å². The summed E-state index contributed by atoms with van der Waals surface area (Å²) in [5, 5.41) is 10.4. The summed E-state index contributed by atoms with van der Waals surface area (Å²) in [5.41, 5.74) is 4.54. The highest BCUT2D eigenvalue weighted by Crippen LogP contribution is 2.28. The molecule has 1 aromatic heterocycles. The van der Waals surface area contributed by atoms with E-state index in [0.29, 0.717) is 6.61 Å². The molecule has 25 heavy (non-hydrogen) atoms. The van der Waals surface area contributed by atoms with E-state index in [-0.39, 0.29) is 0 Å². The standard InChI is InChI=1S/C20H23N3O2/c1-15-18(13-22-23-15)12-21-11-17-8-9-19(20(10-17)24-2)25-14-16-6-4-3-5-7-16/h3-10,13,21H,11-12,14H2,1-2H3,(H,22,23). The number of benzene rings is 2. The summed E-state index contributed by atoms with van der Waals surface area (Å²) < 4.78 is 11.4. The molecule has 0 fully saturated rings. The first-order chi connectivity index (χ1) is 12.3. The molecule has 0 saturated heterocycles. The Labute approximate surface area is 148 Å². The summed E-state index contributed by atoms with van der Waals surface area (Å²) in [6.07, 6.45) is 1.85. The first kappa shape index (κ1) is 17.0. The van der Waals surface area contributed by atoms with Crippen LogP contribution in [0.25, 0.3) is 0 Å². The summed E-state index contributed by atoms with van der Waals surface area (Å²) in [6, 6.07) is 16.1. The van der Waals surface area contributed by atoms with Gasteiger partial charge in [0.15, 0.2) is 11.5 Å². The molecule has 2 N–H and O–H groups in total. The molecule has 0 aliphatic carbocycles. The minimum Gasteiger partial charge on any atom is -0.493 e. The summed E-state index contributed by atoms with van der Waals surface area (Å²) in [6.45, 7) is 4.07. The summed E-state index contributed by atoms with van der Waals surface area (Å²) in [5.74, 6) is 1.50. The van der Waals surface area contributed by atoms with Gasteiger partial charge in [0, 0.05) is 24.3 Å². The fourth-order valence-electron chi connectivity index (χ4n) is 2.57. The fourth-order valence-corrected chi connectivity index (χ4v) is 2.57. The number of ether oxygens (including phenoxy) is 2. The van der Waals surface area contributed by atoms with Gasteiger partial charge in [0.25, 0.3) is 0 Å². The van der Waals surface area contributed by atoms with E-state index in [2.05, 4.69) is 21.6 Å². The minimum absolute atomic E-state index is 0.522. The second-order valence-corrected chi connectivity index (χ2v) is 5.88. The predicted octanol–water partition coefficient (Wildman–Crippen LogP) is 3.60. The third-order valence-corrected chi connectivity index (χ3v) is 4.04. The zero-order valence-corrected chi connectivity index (χ0v) is 14.6. The second-order valence-electron chi connectivity index (χ2n) is 5.88. The molecule has 0 atom stereocenters. The molecule has 0 aliphatic heterocycles. The highest BCUT2D eigenvalue weighted by atomic mass is 16.5. The zero-order chi connectivity index (χ0) is 17.5. The Kier molecular flexibility index (Phi) is 5.69. The van der Waals surface area contributed by atoms with Crippen molar-refractivity contribution in [2.45, 2.75) is 26.6 Å². The molecular weight excluding hydrogens is 314 g/mol. The van der Waals surface area contributed by atoms with Crippen LogP contribution in [-0.4, -0.2) is 17.3 Å². The zero-order valence-electron chi connectivity index (χ0n) is 14.6. The molecule has 130 valence electrons. The predicted molar refractivity (Wildman–Crippen MR) is 97.6 cm³/mol. The Balaban J connectivity index is 1.58. The highest BCUT2D eigenvalue weighted by molar-refractivity contribution is 5.43. The Hall–Kier alpha value is -2.79. The van der Waals surface area contributed by atoms with Crippen LogP contribution in [0.3, 0.4) is 0 Å². The van der Waals surface area contributed by atoms with Crippen LogP contribution in [0.1, 0.15) is 22.4 Å². The van der Waals surface area contributed by atoms with E-state index in [0.717, 1.165) is 41.4 Å². The Morgan fingerprint density at radius 3 is 2.56 bits per heavy atom. The van der Waals surface area contributed by atoms with Crippen molar-refractivity contribution in [3.05, 3.63) is 77.1 Å². The molecule has 5 nitrogen and oxygen atoms in total. The van der Waals surface area contributed by atoms with Gasteiger partial charge in [-0.1, -0.05) is 36.4 Å². The minimum atomic E-state index is 0.522. The molecule has 0 radical (unpaired) electrons. The third-order valence-electron chi connectivity index (χ3n) is 4.04. The molecule has 5 heteroatoms. The number of hydrogen-bond acceptors (Lipinski definition) is 4. The van der Waals surface area contributed by atoms with Crippen molar-refractivity contribution in [2.24, 2.45) is 0 Å². The smallest absolute Gasteiger partial charge is 0.161 e. The van der Waals surface area contributed by atoms with Crippen molar-refractivity contribution in [1.29, 1.82) is 0 Å². The average Bonchev–Trinajstić information content (AvgIpc) is 3.06. The number of aromatic nitrogens is 2. The van der Waals surface area contributed by atoms with Crippen molar-refractivity contribution < 1.29 is 9.47 Å². The van der Waals surface area contributed by atoms with Crippen LogP contribution in [0.4, 0.5) is 0 Å². The number of aryl methyl sites for hydroxylation is 1. The Morgan fingerprint density at radius 1 is 1.00 bits per heavy atom. The van der Waals surface area contributed by atoms with E-state index in [1.54, 1.807) is 7.11 Å². The molecule has 2 aromatic carbocycles. The fraction of sp³-hybridized carbons (Fsp3) is 0.250. The largest absolute Gasteiger partial charge is 0.493 e. The van der Waals surface area contributed by atoms with Gasteiger partial charge < -0.3 is 14.8 Å². The maximum absolute atomic E-state index is 5.89. The number of rotatable bonds is 8. The highest BCUT2D eigenvalue weighted by Gasteiger charge is 2.07. The van der Waals surface area contributed by atoms with Crippen LogP contribution in [0.2, 0.25) is 0 Å². The molecular formula is C20H23N3O2. The topological polar surface area (TPSA) is 59.2 Å². The molecule has 0 unspecified atom stereocenters. The number of hydrogen-bond donors (Lipinski definition) is 2. The molecule has 1 heterocycles. The van der Waals surface area contributed by atoms with E-state index in [9.17, 15) is 0 Å². The molecule has 0 saturated carbocycles. The van der Waals surface area contributed by atoms with Crippen molar-refractivity contribution >= 4 is 0 Å². The normalized spacial score (nSPS) is 10.6. The van der Waals surface area contributed by atoms with E-state index in [1.165, 1.54) is 5.56 Å². The average molecular weight is 337 g/mol. The van der Waals surface area contributed by atoms with E-state index in [1.807, 2.05) is 55.6 Å². The van der Waals surface area contributed by atoms with Crippen LogP contribution in [0.5, 0.6) is 11.5 Å². The van der Waals surface area contributed by atoms with Crippen LogP contribution in [0, 0.1) is 6.92 Å². The second kappa shape index (κ2) is 8.35. The van der Waals surface area contributed by atoms with E-state index >= 15 is 0 Å². The van der Waals surface area contributed by atoms with Crippen molar-refractivity contribution in [2.75, 3.05) is 7.11 Å². The maximum Gasteiger partial charge on any atom is 0.161 e. The summed E-state index contributed by atoms with van der Waals surface area (Å²) >= 11 is 0. The first-order valence-corrected chi connectivity index (χ1v) is 8.29. The Morgan fingerprint density at radius 2 is 1.84 bits per heavy atom. The van der Waals surface area contributed by atoms with Crippen LogP contribution >= 0.6 is 0 Å². The van der Waals surface area contributed by atoms with E-state index < -0.39 is 0 Å². The van der Waals surface area contributed by atoms with Crippen LogP contribution in [-0.2, 0) is 19.7 Å². The number of aromatic amines is 1. The lowest BCUT2D eigenvalue weighted by Gasteiger charge is -2.13. The number of nitrogens with zero attached hydrogens (tertiary/aromatic N) is 1. The first-order valence-electron chi connectivity index (χ1n) is 8.29. The van der Waals surface area contributed by atoms with Gasteiger partial charge in [-0.15, -0.1) is 0 Å². The lowest BCUT2D eigenvalue weighted by atomic mass is 10.2. The van der Waals surface area contributed by atoms with Gasteiger partial charge in [0.2, 0.25) is 0 Å². The molecule has 3 aromatic rings. The van der Waals surface area contributed by atoms with Gasteiger partial charge in [0.05, 0.1) is 13.3 Å². The third kappa shape index (κ3) is 4.61. The number of methoxy groups -OCH3 is 1. The van der Waals surface area contributed by atoms with Gasteiger partial charge in [-0.05, 0) is 30.2 Å². The summed E-state index contributed by atoms with van der Waals surface area (Å²) in [4.78, 5) is 0. The maximum atomic E-state index is 5.89. The van der Waals surface area contributed by atoms with Gasteiger partial charge in [-0.25, -0.2) is 0 Å². The molecule has 0 amide bonds. The van der Waals surface area contributed by atoms with Crippen molar-refractivity contribution in [3.8, 4) is 11.5 Å². The van der Waals surface area contributed by atoms with Gasteiger partial charge >= 0.3 is 0 Å². The van der Waals surface area contributed by atoms with E-state index in [4.69, 9.17) is 9.47 Å². The lowest BCUT2D eigenvalue weighted by molar-refractivity contribution is 0.284. The molecule has 3 rings (SSSR count). The quantitative estimate of drug-likeness (QED) is 0.659. The molecule has 0 aliphatic rings. The summed E-state index contributed by atoms with van der Waals surface area (Å²) in [7, 11) is 1.66. The van der Waals surface area contributed by atoms with Crippen molar-refractivity contribution in [3.63, 3.8) is 0 Å². The molecule has 0 bridgehead atoms. The monoisotopic (exact) mass is 337 g/mol.